The van der Waals surface area contributed by atoms with Crippen LogP contribution in [0.5, 0.6) is 0 Å². The fraction of sp³-hybridized carbons (Fsp3) is 0.265. The van der Waals surface area contributed by atoms with Crippen molar-refractivity contribution in [3.05, 3.63) is 84.2 Å². The van der Waals surface area contributed by atoms with E-state index in [4.69, 9.17) is 10.7 Å². The van der Waals surface area contributed by atoms with Crippen molar-refractivity contribution < 1.29 is 4.79 Å². The number of hydrogen-bond donors (Lipinski definition) is 3. The van der Waals surface area contributed by atoms with Crippen LogP contribution in [-0.4, -0.2) is 66.8 Å². The van der Waals surface area contributed by atoms with E-state index >= 15 is 0 Å². The van der Waals surface area contributed by atoms with Crippen molar-refractivity contribution in [3.8, 4) is 22.4 Å². The number of H-pyrrole nitrogens is 1. The first-order valence-corrected chi connectivity index (χ1v) is 14.2. The van der Waals surface area contributed by atoms with Crippen molar-refractivity contribution in [3.63, 3.8) is 0 Å². The lowest BCUT2D eigenvalue weighted by atomic mass is 9.92. The fourth-order valence-electron chi connectivity index (χ4n) is 5.65. The number of pyridine rings is 1. The highest BCUT2D eigenvalue weighted by atomic mass is 16.1. The van der Waals surface area contributed by atoms with E-state index in [-0.39, 0.29) is 5.91 Å². The Kier molecular flexibility index (Phi) is 8.27. The molecule has 1 aliphatic heterocycles. The Morgan fingerprint density at radius 1 is 1.12 bits per heavy atom. The van der Waals surface area contributed by atoms with E-state index in [0.29, 0.717) is 0 Å². The molecule has 0 radical (unpaired) electrons. The van der Waals surface area contributed by atoms with Crippen LogP contribution in [0, 0.1) is 13.8 Å². The number of carbonyl (C=O) groups excluding carboxylic acids is 1. The number of nitrogens with zero attached hydrogens (tertiary/aromatic N) is 4. The minimum absolute atomic E-state index is 0.243. The van der Waals surface area contributed by atoms with Gasteiger partial charge in [-0.15, -0.1) is 0 Å². The highest BCUT2D eigenvalue weighted by Crippen LogP contribution is 2.42. The molecular formula is C34H39N7O. The molecule has 0 atom stereocenters. The molecule has 0 saturated carbocycles. The van der Waals surface area contributed by atoms with Crippen molar-refractivity contribution >= 4 is 39.6 Å². The number of anilines is 2. The molecule has 1 aliphatic rings. The number of aromatic nitrogens is 2. The van der Waals surface area contributed by atoms with Crippen molar-refractivity contribution in [2.45, 2.75) is 20.8 Å². The molecule has 42 heavy (non-hydrogen) atoms. The quantitative estimate of drug-likeness (QED) is 0.196. The van der Waals surface area contributed by atoms with Gasteiger partial charge >= 0.3 is 0 Å². The summed E-state index contributed by atoms with van der Waals surface area (Å²) in [6, 6.07) is 15.0. The Morgan fingerprint density at radius 3 is 2.48 bits per heavy atom. The van der Waals surface area contributed by atoms with Gasteiger partial charge in [0.15, 0.2) is 0 Å². The smallest absolute Gasteiger partial charge is 0.247 e. The van der Waals surface area contributed by atoms with Crippen LogP contribution in [0.25, 0.3) is 39.0 Å². The molecule has 8 heteroatoms. The highest BCUT2D eigenvalue weighted by Gasteiger charge is 2.22. The number of aliphatic imine (C=N–C) groups is 1. The second-order valence-electron chi connectivity index (χ2n) is 10.8. The fourth-order valence-corrected chi connectivity index (χ4v) is 5.65. The molecular weight excluding hydrogens is 522 g/mol. The third-order valence-corrected chi connectivity index (χ3v) is 8.25. The number of rotatable bonds is 7. The summed E-state index contributed by atoms with van der Waals surface area (Å²) >= 11 is 0. The third-order valence-electron chi connectivity index (χ3n) is 8.25. The molecule has 8 nitrogen and oxygen atoms in total. The van der Waals surface area contributed by atoms with Crippen LogP contribution in [0.3, 0.4) is 0 Å². The number of nitrogens with two attached hydrogens (primary N) is 1. The second-order valence-corrected chi connectivity index (χ2v) is 10.8. The number of likely N-dealkylation sites (N-methyl/N-ethyl adjacent to an activating group) is 1. The van der Waals surface area contributed by atoms with Gasteiger partial charge in [0.25, 0.3) is 0 Å². The van der Waals surface area contributed by atoms with Gasteiger partial charge in [0.1, 0.15) is 5.65 Å². The van der Waals surface area contributed by atoms with E-state index in [1.807, 2.05) is 33.0 Å². The van der Waals surface area contributed by atoms with Gasteiger partial charge in [0.2, 0.25) is 5.91 Å². The topological polar surface area (TPSA) is 103 Å². The van der Waals surface area contributed by atoms with Gasteiger partial charge in [-0.1, -0.05) is 30.8 Å². The van der Waals surface area contributed by atoms with Gasteiger partial charge < -0.3 is 25.8 Å². The minimum atomic E-state index is -0.243. The average molecular weight is 562 g/mol. The summed E-state index contributed by atoms with van der Waals surface area (Å²) in [7, 11) is 3.92. The van der Waals surface area contributed by atoms with Crippen LogP contribution in [0.1, 0.15) is 23.6 Å². The largest absolute Gasteiger partial charge is 0.404 e. The minimum Gasteiger partial charge on any atom is -0.404 e. The van der Waals surface area contributed by atoms with Crippen LogP contribution in [0.2, 0.25) is 0 Å². The van der Waals surface area contributed by atoms with Gasteiger partial charge in [-0.2, -0.15) is 0 Å². The maximum Gasteiger partial charge on any atom is 0.247 e. The molecule has 5 rings (SSSR count). The van der Waals surface area contributed by atoms with E-state index in [2.05, 4.69) is 75.1 Å². The number of piperazine rings is 1. The first-order valence-electron chi connectivity index (χ1n) is 14.2. The summed E-state index contributed by atoms with van der Waals surface area (Å²) < 4.78 is 0. The molecule has 2 aromatic heterocycles. The number of carbonyl (C=O) groups is 1. The van der Waals surface area contributed by atoms with Gasteiger partial charge in [-0.05, 0) is 74.3 Å². The van der Waals surface area contributed by atoms with Gasteiger partial charge in [0.05, 0.1) is 5.69 Å². The van der Waals surface area contributed by atoms with Gasteiger partial charge in [-0.3, -0.25) is 9.79 Å². The SMILES string of the molecule is C=CC(=O)Nc1c(C)ccc(-c2c(-c3ccc(N4CCN(C)CC4)cc3)[nH]c3ncc(/C(=C/N)C(C)=NC)cc23)c1C. The van der Waals surface area contributed by atoms with Crippen molar-refractivity contribution in [1.82, 2.24) is 14.9 Å². The molecule has 4 aromatic rings. The Hall–Kier alpha value is -4.69. The number of amides is 1. The van der Waals surface area contributed by atoms with Gasteiger partial charge in [0, 0.05) is 84.8 Å². The molecule has 0 spiro atoms. The predicted molar refractivity (Wildman–Crippen MR) is 176 cm³/mol. The molecule has 1 saturated heterocycles. The summed E-state index contributed by atoms with van der Waals surface area (Å²) in [4.78, 5) is 29.9. The summed E-state index contributed by atoms with van der Waals surface area (Å²) in [5.74, 6) is -0.243. The summed E-state index contributed by atoms with van der Waals surface area (Å²) in [6.45, 7) is 13.7. The maximum absolute atomic E-state index is 12.3. The second kappa shape index (κ2) is 12.0. The first-order chi connectivity index (χ1) is 20.2. The number of nitrogens with one attached hydrogen (secondary N) is 2. The first kappa shape index (κ1) is 28.8. The molecule has 3 heterocycles. The van der Waals surface area contributed by atoms with Crippen LogP contribution >= 0.6 is 0 Å². The summed E-state index contributed by atoms with van der Waals surface area (Å²) in [5.41, 5.74) is 17.3. The zero-order chi connectivity index (χ0) is 30.0. The lowest BCUT2D eigenvalue weighted by Crippen LogP contribution is -2.44. The number of hydrogen-bond acceptors (Lipinski definition) is 6. The van der Waals surface area contributed by atoms with E-state index in [0.717, 1.165) is 93.3 Å². The normalized spacial score (nSPS) is 14.8. The standard InChI is InChI=1S/C34H39N7O/c1-7-30(42)38-32-21(2)8-13-27(22(32)3)31-28-18-25(29(19-35)23(4)36-5)20-37-34(28)39-33(31)24-9-11-26(12-10-24)41-16-14-40(6)15-17-41/h7-13,18-20H,1,14-17,35H2,2-6H3,(H,37,39)(H,38,42)/b29-19+,36-23?. The highest BCUT2D eigenvalue weighted by molar-refractivity contribution is 6.23. The third kappa shape index (κ3) is 5.45. The average Bonchev–Trinajstić information content (AvgIpc) is 3.38. The molecule has 1 amide bonds. The van der Waals surface area contributed by atoms with E-state index < -0.39 is 0 Å². The molecule has 4 N–H and O–H groups in total. The zero-order valence-electron chi connectivity index (χ0n) is 25.1. The van der Waals surface area contributed by atoms with E-state index in [9.17, 15) is 4.79 Å². The Bertz CT molecular complexity index is 1700. The summed E-state index contributed by atoms with van der Waals surface area (Å²) in [6.07, 6.45) is 4.70. The van der Waals surface area contributed by atoms with Crippen LogP contribution in [0.4, 0.5) is 11.4 Å². The predicted octanol–water partition coefficient (Wildman–Crippen LogP) is 5.78. The van der Waals surface area contributed by atoms with Crippen molar-refractivity contribution in [2.24, 2.45) is 10.7 Å². The molecule has 216 valence electrons. The molecule has 0 aliphatic carbocycles. The van der Waals surface area contributed by atoms with Crippen LogP contribution in [-0.2, 0) is 4.79 Å². The van der Waals surface area contributed by atoms with E-state index in [1.165, 1.54) is 11.8 Å². The van der Waals surface area contributed by atoms with Crippen LogP contribution in [0.15, 0.2) is 72.5 Å². The Morgan fingerprint density at radius 2 is 1.83 bits per heavy atom. The Balaban J connectivity index is 1.70. The lowest BCUT2D eigenvalue weighted by molar-refractivity contribution is -0.111. The number of aryl methyl sites for hydroxylation is 1. The monoisotopic (exact) mass is 561 g/mol. The molecule has 1 fully saturated rings. The number of fused-ring (bicyclic) bond motifs is 1. The van der Waals surface area contributed by atoms with Gasteiger partial charge in [-0.25, -0.2) is 4.98 Å². The summed E-state index contributed by atoms with van der Waals surface area (Å²) in [5, 5.41) is 3.97. The van der Waals surface area contributed by atoms with Crippen molar-refractivity contribution in [1.29, 1.82) is 0 Å². The van der Waals surface area contributed by atoms with Crippen LogP contribution < -0.4 is 16.0 Å². The maximum atomic E-state index is 12.3. The molecule has 2 aromatic carbocycles. The lowest BCUT2D eigenvalue weighted by Gasteiger charge is -2.34. The molecule has 0 unspecified atom stereocenters. The van der Waals surface area contributed by atoms with E-state index in [1.54, 1.807) is 13.2 Å². The van der Waals surface area contributed by atoms with Crippen molar-refractivity contribution in [2.75, 3.05) is 50.5 Å². The molecule has 0 bridgehead atoms. The zero-order valence-corrected chi connectivity index (χ0v) is 25.1. The number of benzene rings is 2. The number of aromatic amines is 1. The Labute approximate surface area is 247 Å². The number of allylic oxidation sites excluding steroid dienone is 1.